The molecule has 1 aliphatic carbocycles. The van der Waals surface area contributed by atoms with Crippen molar-refractivity contribution in [3.63, 3.8) is 0 Å². The molecule has 192 valence electrons. The Bertz CT molecular complexity index is 1330. The van der Waals surface area contributed by atoms with Crippen LogP contribution in [-0.2, 0) is 14.3 Å². The molecule has 2 aliphatic heterocycles. The van der Waals surface area contributed by atoms with Crippen LogP contribution in [0, 0.1) is 27.9 Å². The van der Waals surface area contributed by atoms with Crippen LogP contribution in [0.15, 0.2) is 65.3 Å². The van der Waals surface area contributed by atoms with Crippen molar-refractivity contribution in [3.8, 4) is 5.75 Å². The molecule has 2 N–H and O–H groups in total. The number of phenols is 1. The molecule has 0 unspecified atom stereocenters. The van der Waals surface area contributed by atoms with Gasteiger partial charge in [-0.25, -0.2) is 4.90 Å². The van der Waals surface area contributed by atoms with Gasteiger partial charge < -0.3 is 14.9 Å². The number of imide groups is 1. The molecule has 2 saturated heterocycles. The third kappa shape index (κ3) is 4.56. The van der Waals surface area contributed by atoms with Crippen LogP contribution in [0.5, 0.6) is 5.75 Å². The van der Waals surface area contributed by atoms with E-state index in [2.05, 4.69) is 0 Å². The van der Waals surface area contributed by atoms with Gasteiger partial charge in [-0.15, -0.1) is 0 Å². The van der Waals surface area contributed by atoms with Crippen LogP contribution < -0.4 is 4.90 Å². The molecule has 9 nitrogen and oxygen atoms in total. The van der Waals surface area contributed by atoms with Gasteiger partial charge in [0.1, 0.15) is 5.75 Å². The van der Waals surface area contributed by atoms with Gasteiger partial charge in [0, 0.05) is 18.1 Å². The average molecular weight is 505 g/mol. The summed E-state index contributed by atoms with van der Waals surface area (Å²) in [4.78, 5) is 38.6. The van der Waals surface area contributed by atoms with E-state index in [0.717, 1.165) is 33.6 Å². The van der Waals surface area contributed by atoms with Gasteiger partial charge in [-0.05, 0) is 61.1 Å². The summed E-state index contributed by atoms with van der Waals surface area (Å²) in [5.41, 5.74) is 3.65. The molecular formula is C28H28N2O7. The molecule has 2 fully saturated rings. The number of allylic oxidation sites excluding steroid dienone is 1. The maximum atomic E-state index is 13.5. The first kappa shape index (κ1) is 24.9. The molecule has 2 heterocycles. The number of fused-ring (bicyclic) bond motifs is 3. The third-order valence-corrected chi connectivity index (χ3v) is 7.58. The van der Waals surface area contributed by atoms with Gasteiger partial charge in [-0.1, -0.05) is 29.8 Å². The molecule has 4 atom stereocenters. The Morgan fingerprint density at radius 2 is 1.95 bits per heavy atom. The summed E-state index contributed by atoms with van der Waals surface area (Å²) in [7, 11) is 0. The lowest BCUT2D eigenvalue weighted by atomic mass is 9.69. The van der Waals surface area contributed by atoms with Crippen molar-refractivity contribution in [3.05, 3.63) is 80.9 Å². The minimum absolute atomic E-state index is 0.189. The number of anilines is 1. The number of phenolic OH excluding ortho intramolecular Hbond substituents is 1. The molecule has 37 heavy (non-hydrogen) atoms. The second kappa shape index (κ2) is 9.91. The third-order valence-electron chi connectivity index (χ3n) is 7.58. The fourth-order valence-electron chi connectivity index (χ4n) is 5.95. The van der Waals surface area contributed by atoms with E-state index in [1.807, 2.05) is 19.1 Å². The van der Waals surface area contributed by atoms with Crippen molar-refractivity contribution in [2.24, 2.45) is 17.8 Å². The number of benzene rings is 2. The first-order valence-corrected chi connectivity index (χ1v) is 12.3. The molecule has 0 spiro atoms. The van der Waals surface area contributed by atoms with E-state index in [4.69, 9.17) is 4.74 Å². The minimum Gasteiger partial charge on any atom is -0.508 e. The van der Waals surface area contributed by atoms with E-state index in [-0.39, 0.29) is 54.7 Å². The molecule has 0 radical (unpaired) electrons. The van der Waals surface area contributed by atoms with Crippen molar-refractivity contribution in [1.29, 1.82) is 0 Å². The number of rotatable bonds is 7. The minimum atomic E-state index is -0.627. The molecule has 5 rings (SSSR count). The smallest absolute Gasteiger partial charge is 0.271 e. The van der Waals surface area contributed by atoms with Crippen molar-refractivity contribution in [2.45, 2.75) is 32.3 Å². The molecule has 0 aromatic heterocycles. The number of carbonyl (C=O) groups is 2. The number of nitro groups is 1. The number of non-ortho nitro benzene ring substituents is 1. The number of hydrogen-bond donors (Lipinski definition) is 2. The quantitative estimate of drug-likeness (QED) is 0.252. The molecule has 0 bridgehead atoms. The zero-order valence-corrected chi connectivity index (χ0v) is 20.4. The first-order valence-electron chi connectivity index (χ1n) is 12.3. The molecular weight excluding hydrogens is 476 g/mol. The van der Waals surface area contributed by atoms with Crippen molar-refractivity contribution in [1.82, 2.24) is 0 Å². The van der Waals surface area contributed by atoms with E-state index in [9.17, 15) is 29.9 Å². The van der Waals surface area contributed by atoms with Gasteiger partial charge in [-0.3, -0.25) is 19.7 Å². The molecule has 2 aromatic rings. The van der Waals surface area contributed by atoms with Crippen molar-refractivity contribution < 1.29 is 29.5 Å². The van der Waals surface area contributed by atoms with Gasteiger partial charge in [0.05, 0.1) is 41.8 Å². The summed E-state index contributed by atoms with van der Waals surface area (Å²) in [6.45, 7) is 2.07. The number of nitro benzene ring substituents is 1. The number of amides is 2. The lowest BCUT2D eigenvalue weighted by Gasteiger charge is -2.31. The topological polar surface area (TPSA) is 130 Å². The number of aliphatic hydroxyl groups is 1. The summed E-state index contributed by atoms with van der Waals surface area (Å²) in [6, 6.07) is 12.5. The van der Waals surface area contributed by atoms with Gasteiger partial charge in [-0.2, -0.15) is 0 Å². The Morgan fingerprint density at radius 3 is 2.68 bits per heavy atom. The number of aromatic hydroxyl groups is 1. The fourth-order valence-corrected chi connectivity index (χ4v) is 5.95. The normalized spacial score (nSPS) is 25.5. The maximum absolute atomic E-state index is 13.5. The highest BCUT2D eigenvalue weighted by Gasteiger charge is 2.57. The summed E-state index contributed by atoms with van der Waals surface area (Å²) in [6.07, 6.45) is 3.37. The van der Waals surface area contributed by atoms with Crippen molar-refractivity contribution >= 4 is 29.3 Å². The Kier molecular flexibility index (Phi) is 6.66. The zero-order valence-electron chi connectivity index (χ0n) is 20.4. The zero-order chi connectivity index (χ0) is 26.3. The number of aliphatic hydroxyl groups excluding tert-OH is 1. The predicted molar refractivity (Wildman–Crippen MR) is 136 cm³/mol. The van der Waals surface area contributed by atoms with E-state index in [0.29, 0.717) is 6.42 Å². The Labute approximate surface area is 213 Å². The second-order valence-electron chi connectivity index (χ2n) is 9.90. The number of ether oxygens (including phenoxy) is 1. The largest absolute Gasteiger partial charge is 0.508 e. The van der Waals surface area contributed by atoms with E-state index < -0.39 is 22.7 Å². The summed E-state index contributed by atoms with van der Waals surface area (Å²) in [5.74, 6) is -2.13. The van der Waals surface area contributed by atoms with Crippen LogP contribution in [-0.4, -0.2) is 46.3 Å². The predicted octanol–water partition coefficient (Wildman–Crippen LogP) is 4.00. The lowest BCUT2D eigenvalue weighted by molar-refractivity contribution is -0.384. The Balaban J connectivity index is 1.36. The standard InChI is InChI=1S/C28H28N2O7/c1-16(10-17-4-2-7-21(32)11-17)8-9-24-25-18(14-31)12-22-26(23(25)15-37-24)28(34)29(27(22)33)19-5-3-6-20(13-19)30(35)36/h2-7,10-11,13,22-24,26,31-32H,8-9,12,14-15H2,1H3/b16-10+/t22-,23+,24-,26-/m1/s1. The van der Waals surface area contributed by atoms with Crippen LogP contribution in [0.3, 0.4) is 0 Å². The number of carbonyl (C=O) groups excluding carboxylic acids is 2. The Hall–Kier alpha value is -3.82. The highest BCUT2D eigenvalue weighted by molar-refractivity contribution is 6.22. The van der Waals surface area contributed by atoms with E-state index in [1.165, 1.54) is 24.3 Å². The first-order chi connectivity index (χ1) is 17.8. The fraction of sp³-hybridized carbons (Fsp3) is 0.357. The second-order valence-corrected chi connectivity index (χ2v) is 9.90. The van der Waals surface area contributed by atoms with Gasteiger partial charge >= 0.3 is 0 Å². The van der Waals surface area contributed by atoms with Crippen LogP contribution in [0.25, 0.3) is 6.08 Å². The molecule has 0 saturated carbocycles. The summed E-state index contributed by atoms with van der Waals surface area (Å²) in [5, 5.41) is 31.1. The van der Waals surface area contributed by atoms with Crippen molar-refractivity contribution in [2.75, 3.05) is 18.1 Å². The van der Waals surface area contributed by atoms with Gasteiger partial charge in [0.2, 0.25) is 11.8 Å². The monoisotopic (exact) mass is 504 g/mol. The van der Waals surface area contributed by atoms with Crippen LogP contribution in [0.4, 0.5) is 11.4 Å². The number of nitrogens with zero attached hydrogens (tertiary/aromatic N) is 2. The molecule has 2 aromatic carbocycles. The van der Waals surface area contributed by atoms with Gasteiger partial charge in [0.15, 0.2) is 0 Å². The average Bonchev–Trinajstić information content (AvgIpc) is 3.40. The van der Waals surface area contributed by atoms with Gasteiger partial charge in [0.25, 0.3) is 5.69 Å². The molecule has 9 heteroatoms. The summed E-state index contributed by atoms with van der Waals surface area (Å²) >= 11 is 0. The maximum Gasteiger partial charge on any atom is 0.271 e. The van der Waals surface area contributed by atoms with Crippen LogP contribution in [0.1, 0.15) is 31.7 Å². The number of hydrogen-bond acceptors (Lipinski definition) is 7. The van der Waals surface area contributed by atoms with E-state index in [1.54, 1.807) is 18.2 Å². The lowest BCUT2D eigenvalue weighted by Crippen LogP contribution is -2.35. The SMILES string of the molecule is C/C(=C\c1cccc(O)c1)CC[C@H]1OC[C@H]2C1=C(CO)C[C@H]1C(=O)N(c3cccc([N+](=O)[O-])c3)C(=O)[C@H]12. The molecule has 2 amide bonds. The summed E-state index contributed by atoms with van der Waals surface area (Å²) < 4.78 is 6.13. The van der Waals surface area contributed by atoms with E-state index >= 15 is 0 Å². The highest BCUT2D eigenvalue weighted by atomic mass is 16.6. The Morgan fingerprint density at radius 1 is 1.16 bits per heavy atom. The van der Waals surface area contributed by atoms with Crippen LogP contribution >= 0.6 is 0 Å². The molecule has 3 aliphatic rings. The highest BCUT2D eigenvalue weighted by Crippen LogP contribution is 2.50. The van der Waals surface area contributed by atoms with Crippen LogP contribution in [0.2, 0.25) is 0 Å².